The van der Waals surface area contributed by atoms with Gasteiger partial charge in [0.25, 0.3) is 5.91 Å². The van der Waals surface area contributed by atoms with Gasteiger partial charge in [-0.15, -0.1) is 0 Å². The number of benzene rings is 2. The van der Waals surface area contributed by atoms with Crippen molar-refractivity contribution in [1.82, 2.24) is 9.88 Å². The van der Waals surface area contributed by atoms with Crippen LogP contribution in [0.15, 0.2) is 60.8 Å². The van der Waals surface area contributed by atoms with Crippen molar-refractivity contribution in [3.05, 3.63) is 66.4 Å². The van der Waals surface area contributed by atoms with Crippen LogP contribution < -0.4 is 0 Å². The summed E-state index contributed by atoms with van der Waals surface area (Å²) in [5.74, 6) is 1.31. The van der Waals surface area contributed by atoms with E-state index in [-0.39, 0.29) is 12.0 Å². The topological polar surface area (TPSA) is 42.4 Å². The molecule has 4 nitrogen and oxygen atoms in total. The maximum Gasteiger partial charge on any atom is 0.251 e. The number of nitrogens with zero attached hydrogens (tertiary/aromatic N) is 2. The second-order valence-corrected chi connectivity index (χ2v) is 8.99. The predicted octanol–water partition coefficient (Wildman–Crippen LogP) is 5.42. The molecule has 5 rings (SSSR count). The summed E-state index contributed by atoms with van der Waals surface area (Å²) in [6.45, 7) is 4.77. The van der Waals surface area contributed by atoms with Crippen LogP contribution in [0.2, 0.25) is 0 Å². The Bertz CT molecular complexity index is 1050. The minimum absolute atomic E-state index is 0.189. The zero-order valence-corrected chi connectivity index (χ0v) is 18.2. The summed E-state index contributed by atoms with van der Waals surface area (Å²) in [4.78, 5) is 19.2. The van der Waals surface area contributed by atoms with E-state index < -0.39 is 0 Å². The quantitative estimate of drug-likeness (QED) is 0.572. The molecule has 2 saturated heterocycles. The summed E-state index contributed by atoms with van der Waals surface area (Å²) in [6, 6.07) is 19.4. The number of carbonyl (C=O) groups is 1. The van der Waals surface area contributed by atoms with E-state index >= 15 is 0 Å². The number of carbonyl (C=O) groups excluding carboxylic acids is 1. The zero-order valence-electron chi connectivity index (χ0n) is 18.2. The Morgan fingerprint density at radius 2 is 1.81 bits per heavy atom. The Morgan fingerprint density at radius 3 is 2.55 bits per heavy atom. The first-order valence-electron chi connectivity index (χ1n) is 11.5. The van der Waals surface area contributed by atoms with Gasteiger partial charge in [-0.3, -0.25) is 9.78 Å². The van der Waals surface area contributed by atoms with E-state index in [1.807, 2.05) is 23.2 Å². The average Bonchev–Trinajstić information content (AvgIpc) is 3.38. The van der Waals surface area contributed by atoms with Crippen LogP contribution in [0, 0.1) is 5.92 Å². The Morgan fingerprint density at radius 1 is 1.03 bits per heavy atom. The molecule has 160 valence electrons. The summed E-state index contributed by atoms with van der Waals surface area (Å²) in [7, 11) is 0. The minimum atomic E-state index is -0.189. The van der Waals surface area contributed by atoms with Crippen molar-refractivity contribution >= 4 is 16.8 Å². The lowest BCUT2D eigenvalue weighted by Gasteiger charge is -2.36. The predicted molar refractivity (Wildman–Crippen MR) is 124 cm³/mol. The summed E-state index contributed by atoms with van der Waals surface area (Å²) in [6.07, 6.45) is 5.79. The molecular formula is C27H30N2O2. The second kappa shape index (κ2) is 8.80. The van der Waals surface area contributed by atoms with E-state index in [9.17, 15) is 4.79 Å². The van der Waals surface area contributed by atoms with Gasteiger partial charge in [0, 0.05) is 36.8 Å². The highest BCUT2D eigenvalue weighted by molar-refractivity contribution is 5.83. The third-order valence-corrected chi connectivity index (χ3v) is 7.12. The van der Waals surface area contributed by atoms with E-state index in [0.29, 0.717) is 11.8 Å². The van der Waals surface area contributed by atoms with Crippen LogP contribution in [0.1, 0.15) is 44.1 Å². The van der Waals surface area contributed by atoms with Crippen LogP contribution in [0.4, 0.5) is 0 Å². The smallest absolute Gasteiger partial charge is 0.251 e. The van der Waals surface area contributed by atoms with E-state index in [1.165, 1.54) is 16.5 Å². The molecule has 0 radical (unpaired) electrons. The number of ether oxygens (including phenoxy) is 1. The molecule has 3 aromatic rings. The third-order valence-electron chi connectivity index (χ3n) is 7.12. The number of pyridine rings is 1. The fraction of sp³-hybridized carbons (Fsp3) is 0.407. The molecule has 4 heteroatoms. The van der Waals surface area contributed by atoms with Gasteiger partial charge in [-0.2, -0.15) is 0 Å². The number of fused-ring (bicyclic) bond motifs is 1. The molecule has 1 aromatic heterocycles. The number of para-hydroxylation sites is 1. The maximum atomic E-state index is 12.6. The first-order chi connectivity index (χ1) is 15.2. The Labute approximate surface area is 184 Å². The monoisotopic (exact) mass is 414 g/mol. The summed E-state index contributed by atoms with van der Waals surface area (Å²) < 4.78 is 5.59. The first kappa shape index (κ1) is 20.2. The van der Waals surface area contributed by atoms with Crippen LogP contribution in [-0.4, -0.2) is 41.6 Å². The van der Waals surface area contributed by atoms with Gasteiger partial charge in [0.15, 0.2) is 0 Å². The highest BCUT2D eigenvalue weighted by atomic mass is 16.5. The van der Waals surface area contributed by atoms with Gasteiger partial charge < -0.3 is 9.64 Å². The van der Waals surface area contributed by atoms with Gasteiger partial charge >= 0.3 is 0 Å². The summed E-state index contributed by atoms with van der Waals surface area (Å²) >= 11 is 0. The number of piperidine rings is 1. The van der Waals surface area contributed by atoms with Crippen molar-refractivity contribution in [2.45, 2.75) is 44.6 Å². The average molecular weight is 415 g/mol. The van der Waals surface area contributed by atoms with Crippen molar-refractivity contribution in [2.75, 3.05) is 19.7 Å². The molecule has 2 aromatic carbocycles. The lowest BCUT2D eigenvalue weighted by atomic mass is 9.81. The Kier molecular flexibility index (Phi) is 5.73. The van der Waals surface area contributed by atoms with Gasteiger partial charge in [0.2, 0.25) is 0 Å². The molecule has 0 saturated carbocycles. The summed E-state index contributed by atoms with van der Waals surface area (Å²) in [5, 5.41) is 1.17. The molecule has 0 aliphatic carbocycles. The van der Waals surface area contributed by atoms with E-state index in [1.54, 1.807) is 0 Å². The normalized spacial score (nSPS) is 20.8. The molecule has 2 atom stereocenters. The van der Waals surface area contributed by atoms with Gasteiger partial charge in [0.05, 0.1) is 5.52 Å². The maximum absolute atomic E-state index is 12.6. The molecule has 0 N–H and O–H groups in total. The molecule has 0 spiro atoms. The van der Waals surface area contributed by atoms with E-state index in [2.05, 4.69) is 54.4 Å². The number of amides is 1. The van der Waals surface area contributed by atoms with Crippen molar-refractivity contribution in [3.8, 4) is 11.1 Å². The van der Waals surface area contributed by atoms with Gasteiger partial charge in [0.1, 0.15) is 6.10 Å². The number of hydrogen-bond acceptors (Lipinski definition) is 3. The van der Waals surface area contributed by atoms with E-state index in [0.717, 1.165) is 56.5 Å². The largest absolute Gasteiger partial charge is 0.368 e. The van der Waals surface area contributed by atoms with Crippen molar-refractivity contribution in [2.24, 2.45) is 5.92 Å². The second-order valence-electron chi connectivity index (χ2n) is 8.99. The molecule has 2 aliphatic heterocycles. The molecule has 2 fully saturated rings. The molecular weight excluding hydrogens is 384 g/mol. The number of rotatable bonds is 4. The van der Waals surface area contributed by atoms with Crippen molar-refractivity contribution in [1.29, 1.82) is 0 Å². The highest BCUT2D eigenvalue weighted by Gasteiger charge is 2.32. The van der Waals surface area contributed by atoms with Crippen LogP contribution in [0.25, 0.3) is 22.0 Å². The van der Waals surface area contributed by atoms with Crippen molar-refractivity contribution in [3.63, 3.8) is 0 Å². The molecule has 2 aliphatic rings. The number of likely N-dealkylation sites (tertiary alicyclic amines) is 1. The van der Waals surface area contributed by atoms with Crippen molar-refractivity contribution < 1.29 is 9.53 Å². The minimum Gasteiger partial charge on any atom is -0.368 e. The first-order valence-corrected chi connectivity index (χ1v) is 11.5. The summed E-state index contributed by atoms with van der Waals surface area (Å²) in [5.41, 5.74) is 4.76. The number of aromatic nitrogens is 1. The van der Waals surface area contributed by atoms with Crippen LogP contribution >= 0.6 is 0 Å². The van der Waals surface area contributed by atoms with E-state index in [4.69, 9.17) is 4.74 Å². The van der Waals surface area contributed by atoms with Gasteiger partial charge in [-0.1, -0.05) is 49.4 Å². The van der Waals surface area contributed by atoms with Crippen LogP contribution in [-0.2, 0) is 9.53 Å². The lowest BCUT2D eigenvalue weighted by Crippen LogP contribution is -2.44. The lowest BCUT2D eigenvalue weighted by molar-refractivity contribution is -0.142. The molecule has 3 heterocycles. The Balaban J connectivity index is 1.23. The number of hydrogen-bond donors (Lipinski definition) is 0. The van der Waals surface area contributed by atoms with Gasteiger partial charge in [-0.05, 0) is 60.8 Å². The molecule has 1 amide bonds. The molecule has 0 bridgehead atoms. The standard InChI is InChI=1S/C27H30N2O2/c1-19(21-12-14-29(15-13-21)27(30)26-7-4-16-31-26)20-8-10-22(11-9-20)24-17-23-5-2-3-6-25(23)28-18-24/h2-3,5-6,8-11,17-19,21,26H,4,7,12-16H2,1H3/t19-,26+/m0/s1. The zero-order chi connectivity index (χ0) is 21.2. The third kappa shape index (κ3) is 4.22. The molecule has 31 heavy (non-hydrogen) atoms. The van der Waals surface area contributed by atoms with Gasteiger partial charge in [-0.25, -0.2) is 0 Å². The fourth-order valence-electron chi connectivity index (χ4n) is 5.08. The van der Waals surface area contributed by atoms with Crippen LogP contribution in [0.5, 0.6) is 0 Å². The Hall–Kier alpha value is -2.72. The highest BCUT2D eigenvalue weighted by Crippen LogP contribution is 2.34. The fourth-order valence-corrected chi connectivity index (χ4v) is 5.08. The molecule has 0 unspecified atom stereocenters. The van der Waals surface area contributed by atoms with Crippen LogP contribution in [0.3, 0.4) is 0 Å². The SMILES string of the molecule is C[C@@H](c1ccc(-c2cnc3ccccc3c2)cc1)C1CCN(C(=O)[C@H]2CCCO2)CC1.